The fourth-order valence-electron chi connectivity index (χ4n) is 3.35. The Labute approximate surface area is 160 Å². The highest BCUT2D eigenvalue weighted by Crippen LogP contribution is 2.27. The first-order valence-corrected chi connectivity index (χ1v) is 10.5. The first kappa shape index (κ1) is 19.4. The second-order valence-corrected chi connectivity index (χ2v) is 8.45. The van der Waals surface area contributed by atoms with E-state index in [1.165, 1.54) is 4.31 Å². The molecule has 1 aliphatic rings. The monoisotopic (exact) mass is 388 g/mol. The van der Waals surface area contributed by atoms with Crippen molar-refractivity contribution in [2.75, 3.05) is 19.0 Å². The first-order chi connectivity index (χ1) is 13.0. The summed E-state index contributed by atoms with van der Waals surface area (Å²) in [6.07, 6.45) is 2.53. The van der Waals surface area contributed by atoms with Gasteiger partial charge in [0.15, 0.2) is 0 Å². The third-order valence-corrected chi connectivity index (χ3v) is 6.66. The molecular formula is C20H24N2O4S. The van der Waals surface area contributed by atoms with Gasteiger partial charge in [-0.2, -0.15) is 4.31 Å². The summed E-state index contributed by atoms with van der Waals surface area (Å²) < 4.78 is 32.6. The molecule has 0 radical (unpaired) electrons. The van der Waals surface area contributed by atoms with E-state index in [2.05, 4.69) is 5.32 Å². The van der Waals surface area contributed by atoms with E-state index in [-0.39, 0.29) is 23.3 Å². The Morgan fingerprint density at radius 2 is 1.93 bits per heavy atom. The molecule has 0 aliphatic carbocycles. The number of rotatable bonds is 6. The Bertz CT molecular complexity index is 884. The van der Waals surface area contributed by atoms with Crippen LogP contribution in [0.4, 0.5) is 5.69 Å². The number of hydrogen-bond donors (Lipinski definition) is 1. The van der Waals surface area contributed by atoms with E-state index in [9.17, 15) is 13.2 Å². The maximum Gasteiger partial charge on any atom is 0.243 e. The molecule has 144 valence electrons. The van der Waals surface area contributed by atoms with Gasteiger partial charge in [0, 0.05) is 30.8 Å². The number of nitrogens with zero attached hydrogens (tertiary/aromatic N) is 1. The molecule has 3 rings (SSSR count). The predicted octanol–water partition coefficient (Wildman–Crippen LogP) is 3.27. The standard InChI is InChI=1S/C20H24N2O4S/c1-26-18-10-7-8-16(14-18)21-20(23)15-17-9-5-6-13-22(17)27(24,25)19-11-3-2-4-12-19/h2-4,7-8,10-12,14,17H,5-6,9,13,15H2,1H3,(H,21,23)/t17-/m0/s1. The van der Waals surface area contributed by atoms with Crippen LogP contribution < -0.4 is 10.1 Å². The number of benzene rings is 2. The number of nitrogens with one attached hydrogen (secondary N) is 1. The van der Waals surface area contributed by atoms with E-state index < -0.39 is 10.0 Å². The van der Waals surface area contributed by atoms with Crippen molar-refractivity contribution in [3.63, 3.8) is 0 Å². The fourth-order valence-corrected chi connectivity index (χ4v) is 5.06. The highest BCUT2D eigenvalue weighted by atomic mass is 32.2. The van der Waals surface area contributed by atoms with Gasteiger partial charge in [0.05, 0.1) is 12.0 Å². The molecule has 0 unspecified atom stereocenters. The summed E-state index contributed by atoms with van der Waals surface area (Å²) in [6.45, 7) is 0.439. The number of carbonyl (C=O) groups excluding carboxylic acids is 1. The molecule has 2 aromatic rings. The molecule has 1 fully saturated rings. The van der Waals surface area contributed by atoms with Gasteiger partial charge in [-0.15, -0.1) is 0 Å². The van der Waals surface area contributed by atoms with Crippen molar-refractivity contribution < 1.29 is 17.9 Å². The third-order valence-electron chi connectivity index (χ3n) is 4.70. The number of methoxy groups -OCH3 is 1. The molecule has 2 aromatic carbocycles. The number of hydrogen-bond acceptors (Lipinski definition) is 4. The third kappa shape index (κ3) is 4.67. The lowest BCUT2D eigenvalue weighted by atomic mass is 10.0. The van der Waals surface area contributed by atoms with Crippen LogP contribution in [0.3, 0.4) is 0 Å². The lowest BCUT2D eigenvalue weighted by molar-refractivity contribution is -0.117. The summed E-state index contributed by atoms with van der Waals surface area (Å²) in [4.78, 5) is 12.8. The zero-order valence-corrected chi connectivity index (χ0v) is 16.1. The quantitative estimate of drug-likeness (QED) is 0.824. The molecule has 1 aliphatic heterocycles. The number of sulfonamides is 1. The van der Waals surface area contributed by atoms with Gasteiger partial charge < -0.3 is 10.1 Å². The van der Waals surface area contributed by atoms with E-state index in [0.717, 1.165) is 12.8 Å². The van der Waals surface area contributed by atoms with Gasteiger partial charge in [0.2, 0.25) is 15.9 Å². The molecule has 27 heavy (non-hydrogen) atoms. The van der Waals surface area contributed by atoms with Gasteiger partial charge in [-0.1, -0.05) is 30.7 Å². The van der Waals surface area contributed by atoms with Crippen LogP contribution in [0.2, 0.25) is 0 Å². The summed E-state index contributed by atoms with van der Waals surface area (Å²) >= 11 is 0. The normalized spacial score (nSPS) is 18.0. The zero-order valence-electron chi connectivity index (χ0n) is 15.3. The average molecular weight is 388 g/mol. The lowest BCUT2D eigenvalue weighted by Gasteiger charge is -2.34. The maximum atomic E-state index is 13.0. The van der Waals surface area contributed by atoms with Crippen LogP contribution in [0.25, 0.3) is 0 Å². The topological polar surface area (TPSA) is 75.7 Å². The van der Waals surface area contributed by atoms with E-state index in [4.69, 9.17) is 4.74 Å². The summed E-state index contributed by atoms with van der Waals surface area (Å²) in [5.74, 6) is 0.446. The highest BCUT2D eigenvalue weighted by molar-refractivity contribution is 7.89. The highest BCUT2D eigenvalue weighted by Gasteiger charge is 2.34. The number of amides is 1. The average Bonchev–Trinajstić information content (AvgIpc) is 2.69. The van der Waals surface area contributed by atoms with E-state index in [1.807, 2.05) is 0 Å². The number of piperidine rings is 1. The molecule has 1 saturated heterocycles. The molecule has 1 heterocycles. The summed E-state index contributed by atoms with van der Waals surface area (Å²) in [6, 6.07) is 15.2. The van der Waals surface area contributed by atoms with Crippen molar-refractivity contribution >= 4 is 21.6 Å². The Morgan fingerprint density at radius 1 is 1.15 bits per heavy atom. The van der Waals surface area contributed by atoms with Gasteiger partial charge >= 0.3 is 0 Å². The minimum atomic E-state index is -3.61. The predicted molar refractivity (Wildman–Crippen MR) is 104 cm³/mol. The van der Waals surface area contributed by atoms with E-state index in [0.29, 0.717) is 24.4 Å². The SMILES string of the molecule is COc1cccc(NC(=O)C[C@@H]2CCCCN2S(=O)(=O)c2ccccc2)c1. The second-order valence-electron chi connectivity index (χ2n) is 6.56. The van der Waals surface area contributed by atoms with Gasteiger partial charge in [-0.05, 0) is 37.1 Å². The van der Waals surface area contributed by atoms with Crippen molar-refractivity contribution in [3.05, 3.63) is 54.6 Å². The molecule has 7 heteroatoms. The van der Waals surface area contributed by atoms with Gasteiger partial charge in [-0.3, -0.25) is 4.79 Å². The Morgan fingerprint density at radius 3 is 2.67 bits per heavy atom. The van der Waals surface area contributed by atoms with Crippen LogP contribution in [0.1, 0.15) is 25.7 Å². The molecular weight excluding hydrogens is 364 g/mol. The van der Waals surface area contributed by atoms with Crippen molar-refractivity contribution in [2.45, 2.75) is 36.6 Å². The first-order valence-electron chi connectivity index (χ1n) is 9.01. The maximum absolute atomic E-state index is 13.0. The van der Waals surface area contributed by atoms with Crippen molar-refractivity contribution in [2.24, 2.45) is 0 Å². The van der Waals surface area contributed by atoms with Crippen LogP contribution >= 0.6 is 0 Å². The summed E-state index contributed by atoms with van der Waals surface area (Å²) in [5.41, 5.74) is 0.632. The molecule has 0 aromatic heterocycles. The molecule has 0 bridgehead atoms. The fraction of sp³-hybridized carbons (Fsp3) is 0.350. The smallest absolute Gasteiger partial charge is 0.243 e. The molecule has 0 saturated carbocycles. The molecule has 6 nitrogen and oxygen atoms in total. The molecule has 1 atom stereocenters. The van der Waals surface area contributed by atoms with Crippen LogP contribution in [0.5, 0.6) is 5.75 Å². The van der Waals surface area contributed by atoms with E-state index >= 15 is 0 Å². The summed E-state index contributed by atoms with van der Waals surface area (Å²) in [7, 11) is -2.04. The number of carbonyl (C=O) groups is 1. The van der Waals surface area contributed by atoms with Gasteiger partial charge in [-0.25, -0.2) is 8.42 Å². The molecule has 1 amide bonds. The van der Waals surface area contributed by atoms with Crippen molar-refractivity contribution in [1.82, 2.24) is 4.31 Å². The Kier molecular flexibility index (Phi) is 6.13. The van der Waals surface area contributed by atoms with Gasteiger partial charge in [0.25, 0.3) is 0 Å². The Balaban J connectivity index is 1.73. The number of ether oxygens (including phenoxy) is 1. The van der Waals surface area contributed by atoms with E-state index in [1.54, 1.807) is 61.7 Å². The van der Waals surface area contributed by atoms with Crippen LogP contribution in [0, 0.1) is 0 Å². The summed E-state index contributed by atoms with van der Waals surface area (Å²) in [5, 5.41) is 2.84. The van der Waals surface area contributed by atoms with Crippen molar-refractivity contribution in [3.8, 4) is 5.75 Å². The lowest BCUT2D eigenvalue weighted by Crippen LogP contribution is -2.45. The minimum Gasteiger partial charge on any atom is -0.497 e. The minimum absolute atomic E-state index is 0.128. The van der Waals surface area contributed by atoms with Crippen LogP contribution in [0.15, 0.2) is 59.5 Å². The van der Waals surface area contributed by atoms with Crippen LogP contribution in [-0.2, 0) is 14.8 Å². The van der Waals surface area contributed by atoms with Crippen LogP contribution in [-0.4, -0.2) is 38.3 Å². The van der Waals surface area contributed by atoms with Gasteiger partial charge in [0.1, 0.15) is 5.75 Å². The molecule has 1 N–H and O–H groups in total. The number of anilines is 1. The zero-order chi connectivity index (χ0) is 19.3. The molecule has 0 spiro atoms. The van der Waals surface area contributed by atoms with Crippen molar-refractivity contribution in [1.29, 1.82) is 0 Å². The second kappa shape index (κ2) is 8.54. The largest absolute Gasteiger partial charge is 0.497 e. The Hall–Kier alpha value is -2.38.